The molecular formula is C18H22N2O5. The molecule has 0 radical (unpaired) electrons. The molecule has 2 heterocycles. The van der Waals surface area contributed by atoms with E-state index in [0.29, 0.717) is 30.4 Å². The van der Waals surface area contributed by atoms with Crippen LogP contribution in [0.1, 0.15) is 29.4 Å². The topological polar surface area (TPSA) is 71.8 Å². The summed E-state index contributed by atoms with van der Waals surface area (Å²) in [6.07, 6.45) is 1.70. The van der Waals surface area contributed by atoms with E-state index in [0.717, 1.165) is 24.1 Å². The van der Waals surface area contributed by atoms with Crippen LogP contribution in [0.15, 0.2) is 24.3 Å². The molecule has 1 saturated heterocycles. The van der Waals surface area contributed by atoms with Crippen LogP contribution in [0.3, 0.4) is 0 Å². The zero-order valence-corrected chi connectivity index (χ0v) is 14.7. The van der Waals surface area contributed by atoms with Crippen molar-refractivity contribution in [2.45, 2.75) is 18.9 Å². The monoisotopic (exact) mass is 346 g/mol. The number of rotatable bonds is 5. The second-order valence-corrected chi connectivity index (χ2v) is 5.76. The molecule has 0 bridgehead atoms. The molecule has 0 spiro atoms. The summed E-state index contributed by atoms with van der Waals surface area (Å²) in [6, 6.07) is 7.58. The van der Waals surface area contributed by atoms with Gasteiger partial charge in [-0.2, -0.15) is 5.10 Å². The Balaban J connectivity index is 2.06. The molecule has 0 amide bonds. The standard InChI is InChI=1S/C18H22N2O5/c1-22-16-5-4-12(10-17(16)23-2)15-11-14(18(21)24-3)19-20(15)13-6-8-25-9-7-13/h4-5,10-11,13H,6-9H2,1-3H3. The molecule has 0 atom stereocenters. The quantitative estimate of drug-likeness (QED) is 0.775. The summed E-state index contributed by atoms with van der Waals surface area (Å²) in [5.74, 6) is 0.823. The molecule has 2 aromatic rings. The fourth-order valence-electron chi connectivity index (χ4n) is 3.02. The highest BCUT2D eigenvalue weighted by atomic mass is 16.5. The van der Waals surface area contributed by atoms with Gasteiger partial charge in [0.05, 0.1) is 33.1 Å². The third kappa shape index (κ3) is 3.46. The Morgan fingerprint density at radius 2 is 1.84 bits per heavy atom. The maximum Gasteiger partial charge on any atom is 0.358 e. The number of methoxy groups -OCH3 is 3. The van der Waals surface area contributed by atoms with Crippen LogP contribution in [-0.4, -0.2) is 50.3 Å². The van der Waals surface area contributed by atoms with Gasteiger partial charge in [-0.1, -0.05) is 0 Å². The third-order valence-electron chi connectivity index (χ3n) is 4.35. The number of hydrogen-bond donors (Lipinski definition) is 0. The smallest absolute Gasteiger partial charge is 0.358 e. The summed E-state index contributed by atoms with van der Waals surface area (Å²) in [6.45, 7) is 1.37. The van der Waals surface area contributed by atoms with Crippen LogP contribution < -0.4 is 9.47 Å². The predicted molar refractivity (Wildman–Crippen MR) is 91.2 cm³/mol. The Morgan fingerprint density at radius 1 is 1.12 bits per heavy atom. The first-order valence-electron chi connectivity index (χ1n) is 8.16. The van der Waals surface area contributed by atoms with Crippen molar-refractivity contribution in [2.24, 2.45) is 0 Å². The highest BCUT2D eigenvalue weighted by Gasteiger charge is 2.24. The minimum Gasteiger partial charge on any atom is -0.493 e. The number of carbonyl (C=O) groups is 1. The summed E-state index contributed by atoms with van der Waals surface area (Å²) in [5, 5.41) is 4.49. The van der Waals surface area contributed by atoms with Gasteiger partial charge in [-0.3, -0.25) is 4.68 Å². The van der Waals surface area contributed by atoms with Crippen molar-refractivity contribution in [3.8, 4) is 22.8 Å². The molecule has 3 rings (SSSR count). The molecule has 134 valence electrons. The lowest BCUT2D eigenvalue weighted by Gasteiger charge is -2.24. The van der Waals surface area contributed by atoms with Crippen molar-refractivity contribution in [3.63, 3.8) is 0 Å². The van der Waals surface area contributed by atoms with Gasteiger partial charge in [0.1, 0.15) is 0 Å². The van der Waals surface area contributed by atoms with E-state index in [2.05, 4.69) is 5.10 Å². The number of carbonyl (C=O) groups excluding carboxylic acids is 1. The molecule has 0 aliphatic carbocycles. The van der Waals surface area contributed by atoms with Crippen molar-refractivity contribution < 1.29 is 23.7 Å². The van der Waals surface area contributed by atoms with Crippen LogP contribution in [0, 0.1) is 0 Å². The van der Waals surface area contributed by atoms with Crippen molar-refractivity contribution in [3.05, 3.63) is 30.0 Å². The number of esters is 1. The molecule has 1 aromatic carbocycles. The van der Waals surface area contributed by atoms with E-state index in [9.17, 15) is 4.79 Å². The van der Waals surface area contributed by atoms with Crippen LogP contribution in [-0.2, 0) is 9.47 Å². The SMILES string of the molecule is COC(=O)c1cc(-c2ccc(OC)c(OC)c2)n(C2CCOCC2)n1. The van der Waals surface area contributed by atoms with E-state index in [1.807, 2.05) is 22.9 Å². The zero-order chi connectivity index (χ0) is 17.8. The third-order valence-corrected chi connectivity index (χ3v) is 4.35. The molecule has 7 nitrogen and oxygen atoms in total. The Labute approximate surface area is 146 Å². The van der Waals surface area contributed by atoms with Crippen molar-refractivity contribution >= 4 is 5.97 Å². The van der Waals surface area contributed by atoms with Crippen molar-refractivity contribution in [1.82, 2.24) is 9.78 Å². The maximum absolute atomic E-state index is 11.9. The minimum absolute atomic E-state index is 0.176. The van der Waals surface area contributed by atoms with Crippen LogP contribution in [0.25, 0.3) is 11.3 Å². The molecular weight excluding hydrogens is 324 g/mol. The van der Waals surface area contributed by atoms with Crippen molar-refractivity contribution in [2.75, 3.05) is 34.5 Å². The van der Waals surface area contributed by atoms with Gasteiger partial charge in [0.25, 0.3) is 0 Å². The van der Waals surface area contributed by atoms with E-state index in [1.54, 1.807) is 20.3 Å². The second-order valence-electron chi connectivity index (χ2n) is 5.76. The van der Waals surface area contributed by atoms with Gasteiger partial charge in [0.15, 0.2) is 17.2 Å². The lowest BCUT2D eigenvalue weighted by molar-refractivity contribution is 0.0583. The average Bonchev–Trinajstić information content (AvgIpc) is 3.13. The Hall–Kier alpha value is -2.54. The summed E-state index contributed by atoms with van der Waals surface area (Å²) < 4.78 is 22.9. The fourth-order valence-corrected chi connectivity index (χ4v) is 3.02. The lowest BCUT2D eigenvalue weighted by atomic mass is 10.1. The molecule has 0 saturated carbocycles. The predicted octanol–water partition coefficient (Wildman–Crippen LogP) is 2.71. The Kier molecular flexibility index (Phi) is 5.23. The molecule has 7 heteroatoms. The second kappa shape index (κ2) is 7.57. The average molecular weight is 346 g/mol. The fraction of sp³-hybridized carbons (Fsp3) is 0.444. The van der Waals surface area contributed by atoms with Crippen LogP contribution in [0.2, 0.25) is 0 Å². The van der Waals surface area contributed by atoms with E-state index in [-0.39, 0.29) is 6.04 Å². The summed E-state index contributed by atoms with van der Waals surface area (Å²) >= 11 is 0. The van der Waals surface area contributed by atoms with Crippen LogP contribution in [0.4, 0.5) is 0 Å². The number of benzene rings is 1. The van der Waals surface area contributed by atoms with Gasteiger partial charge < -0.3 is 18.9 Å². The van der Waals surface area contributed by atoms with E-state index in [4.69, 9.17) is 18.9 Å². The highest BCUT2D eigenvalue weighted by molar-refractivity contribution is 5.88. The molecule has 1 fully saturated rings. The highest BCUT2D eigenvalue weighted by Crippen LogP contribution is 2.35. The summed E-state index contributed by atoms with van der Waals surface area (Å²) in [5.41, 5.74) is 2.03. The molecule has 1 aliphatic heterocycles. The molecule has 1 aliphatic rings. The van der Waals surface area contributed by atoms with E-state index >= 15 is 0 Å². The first-order valence-corrected chi connectivity index (χ1v) is 8.16. The normalized spacial score (nSPS) is 15.0. The van der Waals surface area contributed by atoms with E-state index < -0.39 is 5.97 Å². The first kappa shape index (κ1) is 17.3. The van der Waals surface area contributed by atoms with Gasteiger partial charge in [0, 0.05) is 18.8 Å². The molecule has 25 heavy (non-hydrogen) atoms. The van der Waals surface area contributed by atoms with Crippen molar-refractivity contribution in [1.29, 1.82) is 0 Å². The number of hydrogen-bond acceptors (Lipinski definition) is 6. The lowest BCUT2D eigenvalue weighted by Crippen LogP contribution is -2.21. The zero-order valence-electron chi connectivity index (χ0n) is 14.7. The minimum atomic E-state index is -0.451. The van der Waals surface area contributed by atoms with Gasteiger partial charge in [-0.25, -0.2) is 4.79 Å². The van der Waals surface area contributed by atoms with Crippen LogP contribution >= 0.6 is 0 Å². The van der Waals surface area contributed by atoms with Crippen LogP contribution in [0.5, 0.6) is 11.5 Å². The largest absolute Gasteiger partial charge is 0.493 e. The summed E-state index contributed by atoms with van der Waals surface area (Å²) in [7, 11) is 4.54. The molecule has 0 N–H and O–H groups in total. The maximum atomic E-state index is 11.9. The summed E-state index contributed by atoms with van der Waals surface area (Å²) in [4.78, 5) is 11.9. The van der Waals surface area contributed by atoms with Gasteiger partial charge >= 0.3 is 5.97 Å². The van der Waals surface area contributed by atoms with Gasteiger partial charge in [-0.05, 0) is 37.1 Å². The van der Waals surface area contributed by atoms with Gasteiger partial charge in [-0.15, -0.1) is 0 Å². The number of aromatic nitrogens is 2. The Morgan fingerprint density at radius 3 is 2.48 bits per heavy atom. The Bertz CT molecular complexity index is 750. The molecule has 0 unspecified atom stereocenters. The first-order chi connectivity index (χ1) is 12.2. The molecule has 1 aromatic heterocycles. The number of nitrogens with zero attached hydrogens (tertiary/aromatic N) is 2. The van der Waals surface area contributed by atoms with Gasteiger partial charge in [0.2, 0.25) is 0 Å². The number of ether oxygens (including phenoxy) is 4. The van der Waals surface area contributed by atoms with E-state index in [1.165, 1.54) is 7.11 Å².